The molecule has 2 aliphatic carbocycles. The van der Waals surface area contributed by atoms with Crippen LogP contribution in [-0.4, -0.2) is 19.9 Å². The maximum Gasteiger partial charge on any atom is 0.150 e. The maximum atomic E-state index is 11.7. The van der Waals surface area contributed by atoms with E-state index in [9.17, 15) is 8.42 Å². The predicted octanol–water partition coefficient (Wildman–Crippen LogP) is 2.10. The van der Waals surface area contributed by atoms with E-state index >= 15 is 0 Å². The number of hydrogen-bond acceptors (Lipinski definition) is 2. The molecule has 0 aromatic rings. The molecule has 0 aromatic carbocycles. The lowest BCUT2D eigenvalue weighted by Gasteiger charge is -2.39. The number of rotatable bonds is 0. The Hall–Kier alpha value is -0.0500. The molecule has 1 heterocycles. The molecule has 1 saturated heterocycles. The molecule has 0 radical (unpaired) electrons. The second-order valence-electron chi connectivity index (χ2n) is 6.23. The molecule has 0 N–H and O–H groups in total. The molecule has 0 aromatic heterocycles. The summed E-state index contributed by atoms with van der Waals surface area (Å²) in [5.74, 6) is 4.05. The Morgan fingerprint density at radius 2 is 1.93 bits per heavy atom. The lowest BCUT2D eigenvalue weighted by atomic mass is 9.65. The van der Waals surface area contributed by atoms with Crippen molar-refractivity contribution in [1.82, 2.24) is 0 Å². The standard InChI is InChI=1S/C12H20O2S/c1-8-9(2)11-5-10(8)6-12(11)3-4-15(13,14)7-12/h8-11H,3-7H2,1-2H3. The fourth-order valence-electron chi connectivity index (χ4n) is 4.70. The zero-order valence-electron chi connectivity index (χ0n) is 9.57. The van der Waals surface area contributed by atoms with Crippen LogP contribution in [0, 0.1) is 29.1 Å². The van der Waals surface area contributed by atoms with Crippen LogP contribution in [0.4, 0.5) is 0 Å². The quantitative estimate of drug-likeness (QED) is 0.636. The third-order valence-electron chi connectivity index (χ3n) is 5.64. The maximum absolute atomic E-state index is 11.7. The van der Waals surface area contributed by atoms with Gasteiger partial charge in [0.2, 0.25) is 0 Å². The van der Waals surface area contributed by atoms with Crippen LogP contribution in [0.2, 0.25) is 0 Å². The van der Waals surface area contributed by atoms with Crippen LogP contribution in [0.3, 0.4) is 0 Å². The molecule has 86 valence electrons. The van der Waals surface area contributed by atoms with E-state index in [-0.39, 0.29) is 5.41 Å². The summed E-state index contributed by atoms with van der Waals surface area (Å²) in [7, 11) is -2.70. The Morgan fingerprint density at radius 3 is 2.40 bits per heavy atom. The average Bonchev–Trinajstić information content (AvgIpc) is 2.72. The first-order chi connectivity index (χ1) is 6.94. The zero-order valence-corrected chi connectivity index (χ0v) is 10.4. The SMILES string of the molecule is CC1C2CC(C1C)C1(CCS(=O)(=O)C1)C2. The molecular weight excluding hydrogens is 208 g/mol. The van der Waals surface area contributed by atoms with Crippen molar-refractivity contribution in [3.05, 3.63) is 0 Å². The molecule has 2 bridgehead atoms. The van der Waals surface area contributed by atoms with Crippen LogP contribution < -0.4 is 0 Å². The smallest absolute Gasteiger partial charge is 0.150 e. The number of hydrogen-bond donors (Lipinski definition) is 0. The van der Waals surface area contributed by atoms with Gasteiger partial charge >= 0.3 is 0 Å². The van der Waals surface area contributed by atoms with Crippen molar-refractivity contribution < 1.29 is 8.42 Å². The predicted molar refractivity (Wildman–Crippen MR) is 60.2 cm³/mol. The van der Waals surface area contributed by atoms with Crippen molar-refractivity contribution >= 4 is 9.84 Å². The summed E-state index contributed by atoms with van der Waals surface area (Å²) >= 11 is 0. The summed E-state index contributed by atoms with van der Waals surface area (Å²) in [6.45, 7) is 4.69. The molecule has 1 spiro atoms. The fourth-order valence-corrected chi connectivity index (χ4v) is 6.91. The van der Waals surface area contributed by atoms with Gasteiger partial charge < -0.3 is 0 Å². The Morgan fingerprint density at radius 1 is 1.20 bits per heavy atom. The summed E-state index contributed by atoms with van der Waals surface area (Å²) in [5, 5.41) is 0. The van der Waals surface area contributed by atoms with Crippen molar-refractivity contribution in [2.24, 2.45) is 29.1 Å². The minimum absolute atomic E-state index is 0.204. The van der Waals surface area contributed by atoms with E-state index in [2.05, 4.69) is 13.8 Å². The molecular formula is C12H20O2S. The number of sulfone groups is 1. The zero-order chi connectivity index (χ0) is 10.8. The monoisotopic (exact) mass is 228 g/mol. The summed E-state index contributed by atoms with van der Waals surface area (Å²) in [6.07, 6.45) is 3.45. The van der Waals surface area contributed by atoms with Crippen molar-refractivity contribution in [2.75, 3.05) is 11.5 Å². The molecule has 3 rings (SSSR count). The summed E-state index contributed by atoms with van der Waals surface area (Å²) in [4.78, 5) is 0. The Bertz CT molecular complexity index is 384. The van der Waals surface area contributed by atoms with E-state index in [0.29, 0.717) is 17.4 Å². The van der Waals surface area contributed by atoms with Gasteiger partial charge in [-0.05, 0) is 48.3 Å². The van der Waals surface area contributed by atoms with E-state index in [1.54, 1.807) is 0 Å². The van der Waals surface area contributed by atoms with Gasteiger partial charge in [-0.25, -0.2) is 8.42 Å². The third-order valence-corrected chi connectivity index (χ3v) is 7.48. The topological polar surface area (TPSA) is 34.1 Å². The Kier molecular flexibility index (Phi) is 1.88. The third kappa shape index (κ3) is 1.25. The van der Waals surface area contributed by atoms with Crippen LogP contribution in [0.1, 0.15) is 33.1 Å². The highest BCUT2D eigenvalue weighted by Crippen LogP contribution is 2.64. The minimum Gasteiger partial charge on any atom is -0.229 e. The molecule has 5 atom stereocenters. The summed E-state index contributed by atoms with van der Waals surface area (Å²) < 4.78 is 23.3. The van der Waals surface area contributed by atoms with Crippen LogP contribution in [-0.2, 0) is 9.84 Å². The van der Waals surface area contributed by atoms with Crippen molar-refractivity contribution in [1.29, 1.82) is 0 Å². The van der Waals surface area contributed by atoms with Crippen molar-refractivity contribution in [2.45, 2.75) is 33.1 Å². The van der Waals surface area contributed by atoms with Crippen LogP contribution in [0.15, 0.2) is 0 Å². The molecule has 0 amide bonds. The summed E-state index contributed by atoms with van der Waals surface area (Å²) in [5.41, 5.74) is 0.204. The highest BCUT2D eigenvalue weighted by atomic mass is 32.2. The van der Waals surface area contributed by atoms with Gasteiger partial charge in [0.25, 0.3) is 0 Å². The minimum atomic E-state index is -2.70. The van der Waals surface area contributed by atoms with Gasteiger partial charge in [0.05, 0.1) is 11.5 Å². The molecule has 2 nitrogen and oxygen atoms in total. The largest absolute Gasteiger partial charge is 0.229 e. The van der Waals surface area contributed by atoms with Gasteiger partial charge in [0, 0.05) is 0 Å². The normalized spacial score (nSPS) is 56.7. The fraction of sp³-hybridized carbons (Fsp3) is 1.00. The molecule has 3 aliphatic rings. The van der Waals surface area contributed by atoms with Gasteiger partial charge in [-0.2, -0.15) is 0 Å². The lowest BCUT2D eigenvalue weighted by Crippen LogP contribution is -2.36. The molecule has 3 fully saturated rings. The first-order valence-corrected chi connectivity index (χ1v) is 7.96. The van der Waals surface area contributed by atoms with Gasteiger partial charge in [-0.3, -0.25) is 0 Å². The van der Waals surface area contributed by atoms with Gasteiger partial charge in [-0.15, -0.1) is 0 Å². The Labute approximate surface area is 92.4 Å². The first-order valence-electron chi connectivity index (χ1n) is 6.14. The average molecular weight is 228 g/mol. The highest BCUT2D eigenvalue weighted by Gasteiger charge is 2.60. The van der Waals surface area contributed by atoms with Gasteiger partial charge in [0.1, 0.15) is 0 Å². The van der Waals surface area contributed by atoms with Crippen LogP contribution in [0.25, 0.3) is 0 Å². The second kappa shape index (κ2) is 2.79. The highest BCUT2D eigenvalue weighted by molar-refractivity contribution is 7.91. The van der Waals surface area contributed by atoms with Crippen molar-refractivity contribution in [3.8, 4) is 0 Å². The van der Waals surface area contributed by atoms with E-state index in [4.69, 9.17) is 0 Å². The molecule has 3 heteroatoms. The number of fused-ring (bicyclic) bond motifs is 3. The molecule has 2 saturated carbocycles. The molecule has 5 unspecified atom stereocenters. The van der Waals surface area contributed by atoms with Crippen LogP contribution in [0.5, 0.6) is 0 Å². The first kappa shape index (κ1) is 10.1. The van der Waals surface area contributed by atoms with Crippen molar-refractivity contribution in [3.63, 3.8) is 0 Å². The van der Waals surface area contributed by atoms with E-state index in [0.717, 1.165) is 24.2 Å². The molecule has 15 heavy (non-hydrogen) atoms. The summed E-state index contributed by atoms with van der Waals surface area (Å²) in [6, 6.07) is 0. The molecule has 1 aliphatic heterocycles. The van der Waals surface area contributed by atoms with Crippen LogP contribution >= 0.6 is 0 Å². The second-order valence-corrected chi connectivity index (χ2v) is 8.41. The van der Waals surface area contributed by atoms with E-state index < -0.39 is 9.84 Å². The van der Waals surface area contributed by atoms with E-state index in [1.165, 1.54) is 12.8 Å². The Balaban J connectivity index is 1.93. The van der Waals surface area contributed by atoms with Gasteiger partial charge in [0.15, 0.2) is 9.84 Å². The lowest BCUT2D eigenvalue weighted by molar-refractivity contribution is 0.107. The van der Waals surface area contributed by atoms with Gasteiger partial charge in [-0.1, -0.05) is 13.8 Å². The van der Waals surface area contributed by atoms with E-state index in [1.807, 2.05) is 0 Å².